The molecule has 0 saturated heterocycles. The predicted molar refractivity (Wildman–Crippen MR) is 86.7 cm³/mol. The molecule has 0 saturated carbocycles. The van der Waals surface area contributed by atoms with Crippen LogP contribution in [0, 0.1) is 12.8 Å². The molecule has 6 nitrogen and oxygen atoms in total. The molecule has 1 atom stereocenters. The molecule has 2 aromatic rings. The van der Waals surface area contributed by atoms with Gasteiger partial charge in [-0.25, -0.2) is 4.68 Å². The Hall–Kier alpha value is -2.63. The highest BCUT2D eigenvalue weighted by atomic mass is 16.4. The maximum absolute atomic E-state index is 12.1. The third kappa shape index (κ3) is 4.18. The van der Waals surface area contributed by atoms with E-state index < -0.39 is 11.9 Å². The Morgan fingerprint density at radius 1 is 1.35 bits per heavy atom. The first-order valence-corrected chi connectivity index (χ1v) is 7.64. The smallest absolute Gasteiger partial charge is 0.308 e. The number of amides is 1. The number of carboxylic acids is 1. The average Bonchev–Trinajstić information content (AvgIpc) is 3.01. The van der Waals surface area contributed by atoms with Crippen molar-refractivity contribution in [3.63, 3.8) is 0 Å². The zero-order valence-electron chi connectivity index (χ0n) is 13.3. The van der Waals surface area contributed by atoms with Gasteiger partial charge in [0.15, 0.2) is 0 Å². The van der Waals surface area contributed by atoms with E-state index >= 15 is 0 Å². The summed E-state index contributed by atoms with van der Waals surface area (Å²) in [5, 5.41) is 16.0. The van der Waals surface area contributed by atoms with Crippen LogP contribution in [0.5, 0.6) is 0 Å². The van der Waals surface area contributed by atoms with Crippen LogP contribution in [0.4, 0.5) is 0 Å². The maximum atomic E-state index is 12.1. The predicted octanol–water partition coefficient (Wildman–Crippen LogP) is 2.41. The Morgan fingerprint density at radius 2 is 2.09 bits per heavy atom. The van der Waals surface area contributed by atoms with Gasteiger partial charge in [-0.05, 0) is 25.0 Å². The molecule has 0 spiro atoms. The molecule has 122 valence electrons. The SMILES string of the molecule is CCCC(CNC(=O)c1cnn(-c2ccccc2C)c1)C(=O)O. The number of hydrogen-bond acceptors (Lipinski definition) is 3. The number of para-hydroxylation sites is 1. The van der Waals surface area contributed by atoms with Gasteiger partial charge in [-0.1, -0.05) is 31.5 Å². The van der Waals surface area contributed by atoms with Gasteiger partial charge in [-0.15, -0.1) is 0 Å². The van der Waals surface area contributed by atoms with Gasteiger partial charge in [0, 0.05) is 12.7 Å². The summed E-state index contributed by atoms with van der Waals surface area (Å²) in [6, 6.07) is 7.74. The van der Waals surface area contributed by atoms with Crippen LogP contribution < -0.4 is 5.32 Å². The van der Waals surface area contributed by atoms with Crippen LogP contribution in [0.2, 0.25) is 0 Å². The van der Waals surface area contributed by atoms with Crippen LogP contribution >= 0.6 is 0 Å². The largest absolute Gasteiger partial charge is 0.481 e. The van der Waals surface area contributed by atoms with E-state index in [4.69, 9.17) is 5.11 Å². The number of aromatic nitrogens is 2. The Balaban J connectivity index is 2.04. The fourth-order valence-electron chi connectivity index (χ4n) is 2.37. The minimum absolute atomic E-state index is 0.123. The maximum Gasteiger partial charge on any atom is 0.308 e. The lowest BCUT2D eigenvalue weighted by Crippen LogP contribution is -2.32. The highest BCUT2D eigenvalue weighted by Crippen LogP contribution is 2.13. The summed E-state index contributed by atoms with van der Waals surface area (Å²) in [5.74, 6) is -1.76. The van der Waals surface area contributed by atoms with Crippen molar-refractivity contribution in [2.75, 3.05) is 6.54 Å². The molecule has 0 aliphatic rings. The molecule has 0 fully saturated rings. The van der Waals surface area contributed by atoms with Gasteiger partial charge in [-0.2, -0.15) is 5.10 Å². The van der Waals surface area contributed by atoms with Crippen LogP contribution in [-0.4, -0.2) is 33.3 Å². The molecule has 2 N–H and O–H groups in total. The van der Waals surface area contributed by atoms with Gasteiger partial charge in [0.1, 0.15) is 0 Å². The summed E-state index contributed by atoms with van der Waals surface area (Å²) in [5.41, 5.74) is 2.37. The van der Waals surface area contributed by atoms with Crippen molar-refractivity contribution < 1.29 is 14.7 Å². The Kier molecular flexibility index (Phi) is 5.51. The van der Waals surface area contributed by atoms with Crippen LogP contribution in [0.15, 0.2) is 36.7 Å². The summed E-state index contributed by atoms with van der Waals surface area (Å²) < 4.78 is 1.64. The summed E-state index contributed by atoms with van der Waals surface area (Å²) >= 11 is 0. The molecule has 1 unspecified atom stereocenters. The minimum atomic E-state index is -0.886. The van der Waals surface area contributed by atoms with Crippen molar-refractivity contribution in [1.29, 1.82) is 0 Å². The van der Waals surface area contributed by atoms with Gasteiger partial charge in [0.05, 0.1) is 23.4 Å². The molecule has 0 bridgehead atoms. The third-order valence-electron chi connectivity index (χ3n) is 3.70. The number of nitrogens with zero attached hydrogens (tertiary/aromatic N) is 2. The van der Waals surface area contributed by atoms with E-state index in [2.05, 4.69) is 10.4 Å². The molecule has 1 heterocycles. The first-order chi connectivity index (χ1) is 11.0. The molecule has 1 aromatic carbocycles. The second-order valence-electron chi connectivity index (χ2n) is 5.49. The van der Waals surface area contributed by atoms with E-state index in [-0.39, 0.29) is 12.5 Å². The summed E-state index contributed by atoms with van der Waals surface area (Å²) in [6.07, 6.45) is 4.43. The number of benzene rings is 1. The van der Waals surface area contributed by atoms with Crippen LogP contribution in [-0.2, 0) is 4.79 Å². The van der Waals surface area contributed by atoms with E-state index in [1.807, 2.05) is 38.1 Å². The molecule has 0 radical (unpaired) electrons. The highest BCUT2D eigenvalue weighted by molar-refractivity contribution is 5.94. The first kappa shape index (κ1) is 16.7. The number of nitrogens with one attached hydrogen (secondary N) is 1. The minimum Gasteiger partial charge on any atom is -0.481 e. The van der Waals surface area contributed by atoms with Crippen molar-refractivity contribution in [3.8, 4) is 5.69 Å². The van der Waals surface area contributed by atoms with Gasteiger partial charge in [0.2, 0.25) is 0 Å². The van der Waals surface area contributed by atoms with Crippen molar-refractivity contribution in [2.24, 2.45) is 5.92 Å². The lowest BCUT2D eigenvalue weighted by Gasteiger charge is -2.11. The molecular weight excluding hydrogens is 294 g/mol. The second kappa shape index (κ2) is 7.58. The summed E-state index contributed by atoms with van der Waals surface area (Å²) in [6.45, 7) is 4.01. The zero-order chi connectivity index (χ0) is 16.8. The van der Waals surface area contributed by atoms with Gasteiger partial charge in [0.25, 0.3) is 5.91 Å². The lowest BCUT2D eigenvalue weighted by molar-refractivity contribution is -0.141. The first-order valence-electron chi connectivity index (χ1n) is 7.64. The van der Waals surface area contributed by atoms with Crippen LogP contribution in [0.1, 0.15) is 35.7 Å². The van der Waals surface area contributed by atoms with E-state index in [1.54, 1.807) is 10.9 Å². The van der Waals surface area contributed by atoms with Gasteiger partial charge in [-0.3, -0.25) is 9.59 Å². The highest BCUT2D eigenvalue weighted by Gasteiger charge is 2.18. The van der Waals surface area contributed by atoms with Crippen molar-refractivity contribution >= 4 is 11.9 Å². The molecule has 1 amide bonds. The van der Waals surface area contributed by atoms with Crippen molar-refractivity contribution in [1.82, 2.24) is 15.1 Å². The van der Waals surface area contributed by atoms with E-state index in [9.17, 15) is 9.59 Å². The molecule has 0 aliphatic heterocycles. The van der Waals surface area contributed by atoms with Crippen molar-refractivity contribution in [2.45, 2.75) is 26.7 Å². The average molecular weight is 315 g/mol. The topological polar surface area (TPSA) is 84.2 Å². The van der Waals surface area contributed by atoms with Gasteiger partial charge >= 0.3 is 5.97 Å². The number of hydrogen-bond donors (Lipinski definition) is 2. The number of aliphatic carboxylic acids is 1. The normalized spacial score (nSPS) is 11.9. The van der Waals surface area contributed by atoms with E-state index in [1.165, 1.54) is 6.20 Å². The number of carbonyl (C=O) groups excluding carboxylic acids is 1. The number of rotatable bonds is 7. The monoisotopic (exact) mass is 315 g/mol. The molecule has 0 aliphatic carbocycles. The summed E-state index contributed by atoms with van der Waals surface area (Å²) in [7, 11) is 0. The lowest BCUT2D eigenvalue weighted by atomic mass is 10.0. The van der Waals surface area contributed by atoms with E-state index in [0.29, 0.717) is 12.0 Å². The standard InChI is InChI=1S/C17H21N3O3/c1-3-6-13(17(22)23)9-18-16(21)14-10-19-20(11-14)15-8-5-4-7-12(15)2/h4-5,7-8,10-11,13H,3,6,9H2,1-2H3,(H,18,21)(H,22,23). The van der Waals surface area contributed by atoms with Crippen LogP contribution in [0.3, 0.4) is 0 Å². The van der Waals surface area contributed by atoms with Crippen LogP contribution in [0.25, 0.3) is 5.69 Å². The molecule has 23 heavy (non-hydrogen) atoms. The molecular formula is C17H21N3O3. The fraction of sp³-hybridized carbons (Fsp3) is 0.353. The summed E-state index contributed by atoms with van der Waals surface area (Å²) in [4.78, 5) is 23.2. The third-order valence-corrected chi connectivity index (χ3v) is 3.70. The Bertz CT molecular complexity index is 694. The zero-order valence-corrected chi connectivity index (χ0v) is 13.3. The number of carboxylic acid groups (broad SMARTS) is 1. The van der Waals surface area contributed by atoms with E-state index in [0.717, 1.165) is 17.7 Å². The second-order valence-corrected chi connectivity index (χ2v) is 5.49. The molecule has 2 rings (SSSR count). The number of carbonyl (C=O) groups is 2. The molecule has 6 heteroatoms. The quantitative estimate of drug-likeness (QED) is 0.822. The molecule has 1 aromatic heterocycles. The van der Waals surface area contributed by atoms with Gasteiger partial charge < -0.3 is 10.4 Å². The van der Waals surface area contributed by atoms with Crippen molar-refractivity contribution in [3.05, 3.63) is 47.8 Å². The Morgan fingerprint density at radius 3 is 2.74 bits per heavy atom. The fourth-order valence-corrected chi connectivity index (χ4v) is 2.37. The Labute approximate surface area is 135 Å². The number of aryl methyl sites for hydroxylation is 1.